The molecule has 1 aliphatic rings. The van der Waals surface area contributed by atoms with E-state index in [9.17, 15) is 10.3 Å². The highest BCUT2D eigenvalue weighted by Gasteiger charge is 2.37. The molecule has 2 aromatic rings. The van der Waals surface area contributed by atoms with Crippen LogP contribution in [-0.2, 0) is 0 Å². The molecular formula is C15H20N4O4. The highest BCUT2D eigenvalue weighted by molar-refractivity contribution is 5.58. The predicted octanol–water partition coefficient (Wildman–Crippen LogP) is 0.656. The second-order valence-electron chi connectivity index (χ2n) is 6.04. The summed E-state index contributed by atoms with van der Waals surface area (Å²) in [6.45, 7) is 4.69. The quantitative estimate of drug-likeness (QED) is 0.710. The van der Waals surface area contributed by atoms with Crippen molar-refractivity contribution in [1.82, 2.24) is 15.0 Å². The number of rotatable bonds is 4. The predicted molar refractivity (Wildman–Crippen MR) is 80.7 cm³/mol. The molecule has 3 N–H and O–H groups in total. The first-order valence-electron chi connectivity index (χ1n) is 7.57. The summed E-state index contributed by atoms with van der Waals surface area (Å²) in [5, 5.41) is 33.0. The molecule has 1 aromatic carbocycles. The number of aliphatic hydroxyl groups excluding tert-OH is 1. The molecule has 3 rings (SSSR count). The lowest BCUT2D eigenvalue weighted by Crippen LogP contribution is -2.99. The van der Waals surface area contributed by atoms with Crippen molar-refractivity contribution in [3.63, 3.8) is 0 Å². The van der Waals surface area contributed by atoms with Gasteiger partial charge in [0.1, 0.15) is 0 Å². The van der Waals surface area contributed by atoms with E-state index in [4.69, 9.17) is 9.73 Å². The molecule has 0 amide bonds. The number of likely N-dealkylation sites (tertiary alicyclic amines) is 1. The maximum atomic E-state index is 11.1. The fraction of sp³-hybridized carbons (Fsp3) is 0.467. The van der Waals surface area contributed by atoms with Crippen LogP contribution in [0.3, 0.4) is 0 Å². The summed E-state index contributed by atoms with van der Waals surface area (Å²) in [5.41, 5.74) is 0.767. The van der Waals surface area contributed by atoms with Crippen molar-refractivity contribution in [2.45, 2.75) is 38.5 Å². The smallest absolute Gasteiger partial charge is 0.244 e. The zero-order valence-electron chi connectivity index (χ0n) is 13.0. The van der Waals surface area contributed by atoms with E-state index in [1.807, 2.05) is 0 Å². The minimum absolute atomic E-state index is 0.117. The van der Waals surface area contributed by atoms with Crippen molar-refractivity contribution in [2.75, 3.05) is 6.54 Å². The molecule has 23 heavy (non-hydrogen) atoms. The largest absolute Gasteiger partial charge is 0.595 e. The monoisotopic (exact) mass is 320 g/mol. The van der Waals surface area contributed by atoms with Crippen LogP contribution >= 0.6 is 0 Å². The van der Waals surface area contributed by atoms with Crippen molar-refractivity contribution < 1.29 is 20.1 Å². The summed E-state index contributed by atoms with van der Waals surface area (Å²) in [6, 6.07) is 6.55. The van der Waals surface area contributed by atoms with Gasteiger partial charge >= 0.3 is 0 Å². The first-order chi connectivity index (χ1) is 11.0. The van der Waals surface area contributed by atoms with Crippen LogP contribution < -0.4 is 5.23 Å². The Bertz CT molecular complexity index is 673. The molecule has 124 valence electrons. The van der Waals surface area contributed by atoms with Gasteiger partial charge in [0.2, 0.25) is 11.7 Å². The van der Waals surface area contributed by atoms with Crippen molar-refractivity contribution in [2.24, 2.45) is 0 Å². The van der Waals surface area contributed by atoms with E-state index < -0.39 is 11.3 Å². The molecule has 8 heteroatoms. The third-order valence-corrected chi connectivity index (χ3v) is 4.08. The molecule has 2 heterocycles. The van der Waals surface area contributed by atoms with Crippen LogP contribution in [0.25, 0.3) is 11.4 Å². The molecular weight excluding hydrogens is 300 g/mol. The number of nitrogens with zero attached hydrogens (tertiary/aromatic N) is 3. The van der Waals surface area contributed by atoms with Crippen molar-refractivity contribution in [3.05, 3.63) is 35.4 Å². The SMILES string of the molecule is CC(C)N1CC(O)CC1c1nc(-c2cccc([NH+]([O-])O)c2)no1. The molecule has 0 spiro atoms. The Morgan fingerprint density at radius 3 is 2.91 bits per heavy atom. The minimum atomic E-state index is -1.000. The number of benzene rings is 1. The van der Waals surface area contributed by atoms with Crippen LogP contribution in [0.5, 0.6) is 0 Å². The fourth-order valence-electron chi connectivity index (χ4n) is 2.93. The Hall–Kier alpha value is -1.84. The van der Waals surface area contributed by atoms with Gasteiger partial charge in [0.25, 0.3) is 0 Å². The van der Waals surface area contributed by atoms with E-state index in [1.54, 1.807) is 12.1 Å². The molecule has 0 radical (unpaired) electrons. The summed E-state index contributed by atoms with van der Waals surface area (Å²) in [6.07, 6.45) is 0.141. The van der Waals surface area contributed by atoms with Crippen LogP contribution in [0.1, 0.15) is 32.2 Å². The third kappa shape index (κ3) is 3.26. The number of β-amino-alcohol motifs (C(OH)–C–C–N with tert-alkyl or cyclic N) is 1. The molecule has 8 nitrogen and oxygen atoms in total. The maximum Gasteiger partial charge on any atom is 0.244 e. The molecule has 1 aromatic heterocycles. The van der Waals surface area contributed by atoms with Gasteiger partial charge in [-0.05, 0) is 20.3 Å². The number of nitrogens with one attached hydrogen (secondary N) is 1. The number of aliphatic hydroxyl groups is 1. The van der Waals surface area contributed by atoms with Gasteiger partial charge in [0.15, 0.2) is 5.69 Å². The number of quaternary nitrogens is 1. The molecule has 1 saturated heterocycles. The molecule has 3 atom stereocenters. The van der Waals surface area contributed by atoms with Gasteiger partial charge in [-0.25, -0.2) is 5.21 Å². The van der Waals surface area contributed by atoms with E-state index in [0.717, 1.165) is 0 Å². The highest BCUT2D eigenvalue weighted by atomic mass is 16.8. The van der Waals surface area contributed by atoms with E-state index in [-0.39, 0.29) is 17.8 Å². The third-order valence-electron chi connectivity index (χ3n) is 4.08. The Balaban J connectivity index is 1.87. The van der Waals surface area contributed by atoms with E-state index in [0.29, 0.717) is 30.2 Å². The van der Waals surface area contributed by atoms with Gasteiger partial charge in [-0.3, -0.25) is 4.90 Å². The van der Waals surface area contributed by atoms with Gasteiger partial charge in [-0.2, -0.15) is 10.2 Å². The first-order valence-corrected chi connectivity index (χ1v) is 7.57. The number of hydrogen-bond acceptors (Lipinski definition) is 7. The summed E-state index contributed by atoms with van der Waals surface area (Å²) in [7, 11) is 0. The molecule has 0 bridgehead atoms. The van der Waals surface area contributed by atoms with Crippen molar-refractivity contribution in [3.8, 4) is 11.4 Å². The minimum Gasteiger partial charge on any atom is -0.595 e. The molecule has 0 saturated carbocycles. The van der Waals surface area contributed by atoms with Gasteiger partial charge in [0, 0.05) is 30.3 Å². The van der Waals surface area contributed by atoms with Gasteiger partial charge in [-0.1, -0.05) is 17.3 Å². The standard InChI is InChI=1S/C15H20N4O4/c1-9(2)18-8-12(20)7-13(18)15-16-14(17-23-15)10-4-3-5-11(6-10)19(21)22/h3-6,9,12-13,19-21H,7-8H2,1-2H3. The lowest BCUT2D eigenvalue weighted by atomic mass is 10.1. The van der Waals surface area contributed by atoms with E-state index >= 15 is 0 Å². The van der Waals surface area contributed by atoms with Gasteiger partial charge in [-0.15, -0.1) is 0 Å². The lowest BCUT2D eigenvalue weighted by molar-refractivity contribution is -0.991. The van der Waals surface area contributed by atoms with E-state index in [2.05, 4.69) is 28.9 Å². The second kappa shape index (κ2) is 6.34. The van der Waals surface area contributed by atoms with Crippen molar-refractivity contribution in [1.29, 1.82) is 0 Å². The van der Waals surface area contributed by atoms with Crippen LogP contribution in [-0.4, -0.2) is 44.0 Å². The topological polar surface area (TPSA) is 110 Å². The van der Waals surface area contributed by atoms with Crippen LogP contribution in [0.15, 0.2) is 28.8 Å². The van der Waals surface area contributed by atoms with Crippen molar-refractivity contribution >= 4 is 5.69 Å². The maximum absolute atomic E-state index is 11.1. The molecule has 0 aliphatic carbocycles. The average Bonchev–Trinajstić information content (AvgIpc) is 3.13. The normalized spacial score (nSPS) is 23.6. The Kier molecular flexibility index (Phi) is 4.42. The number of aromatic nitrogens is 2. The van der Waals surface area contributed by atoms with E-state index in [1.165, 1.54) is 12.1 Å². The molecule has 1 aliphatic heterocycles. The number of hydrogen-bond donors (Lipinski definition) is 3. The first kappa shape index (κ1) is 16.0. The van der Waals surface area contributed by atoms with Gasteiger partial charge < -0.3 is 14.8 Å². The zero-order valence-corrected chi connectivity index (χ0v) is 13.0. The van der Waals surface area contributed by atoms with Crippen LogP contribution in [0.2, 0.25) is 0 Å². The average molecular weight is 320 g/mol. The zero-order chi connectivity index (χ0) is 16.6. The summed E-state index contributed by atoms with van der Waals surface area (Å²) < 4.78 is 5.37. The lowest BCUT2D eigenvalue weighted by Gasteiger charge is -2.25. The Labute approximate surface area is 133 Å². The summed E-state index contributed by atoms with van der Waals surface area (Å²) in [4.78, 5) is 6.53. The Morgan fingerprint density at radius 1 is 1.43 bits per heavy atom. The summed E-state index contributed by atoms with van der Waals surface area (Å²) >= 11 is 0. The molecule has 3 unspecified atom stereocenters. The van der Waals surface area contributed by atoms with Crippen LogP contribution in [0.4, 0.5) is 5.69 Å². The van der Waals surface area contributed by atoms with Crippen LogP contribution in [0, 0.1) is 5.21 Å². The van der Waals surface area contributed by atoms with Gasteiger partial charge in [0.05, 0.1) is 12.1 Å². The highest BCUT2D eigenvalue weighted by Crippen LogP contribution is 2.33. The molecule has 1 fully saturated rings. The summed E-state index contributed by atoms with van der Waals surface area (Å²) in [5.74, 6) is 0.805. The fourth-order valence-corrected chi connectivity index (χ4v) is 2.93. The second-order valence-corrected chi connectivity index (χ2v) is 6.04. The Morgan fingerprint density at radius 2 is 2.22 bits per heavy atom.